The molecule has 9 N–H and O–H groups in total. The molecule has 0 aliphatic heterocycles. The molecule has 2 aromatic carbocycles. The van der Waals surface area contributed by atoms with E-state index in [9.17, 15) is 48.6 Å². The lowest BCUT2D eigenvalue weighted by Crippen LogP contribution is -2.51. The number of urea groups is 1. The van der Waals surface area contributed by atoms with Gasteiger partial charge in [0.1, 0.15) is 23.9 Å². The average Bonchev–Trinajstić information content (AvgIpc) is 3.24. The number of amides is 5. The van der Waals surface area contributed by atoms with Crippen molar-refractivity contribution in [3.05, 3.63) is 48.0 Å². The number of carboxylic acids is 3. The van der Waals surface area contributed by atoms with Gasteiger partial charge in [-0.25, -0.2) is 14.4 Å². The molecule has 1 aliphatic rings. The highest BCUT2D eigenvalue weighted by molar-refractivity contribution is 5.90. The number of carbonyl (C=O) groups is 8. The van der Waals surface area contributed by atoms with Gasteiger partial charge in [-0.05, 0) is 93.5 Å². The molecule has 0 bridgehead atoms. The van der Waals surface area contributed by atoms with Gasteiger partial charge < -0.3 is 47.2 Å². The Morgan fingerprint density at radius 2 is 1.27 bits per heavy atom. The third kappa shape index (κ3) is 20.5. The Labute approximate surface area is 372 Å². The molecule has 3 rings (SSSR count). The molecule has 4 unspecified atom stereocenters. The number of carbonyl (C=O) groups excluding carboxylic acids is 5. The summed E-state index contributed by atoms with van der Waals surface area (Å²) in [4.78, 5) is 98.1. The van der Waals surface area contributed by atoms with Gasteiger partial charge in [0.15, 0.2) is 0 Å². The number of rotatable bonds is 28. The molecule has 2 aromatic rings. The normalized spacial score (nSPS) is 16.3. The standard InChI is InChI=1S/C44H64N6O11.CH4.B/c1-3-33(51)13-5-4-6-14-34(45-2)40(55)47-27-28-16-20-31(21-17-28)39(54)48-37(26-29-18-19-30-11-7-8-12-32(30)25-29)41(56)46-24-10-9-15-35(42(57)58)49-44(61)50-36(43(59)60)22-23-38(52)53;;/h7-8,11-12,18-19,25,28,31,34-37,45H,3-6,9-10,13-17,20-24,26-27H2,1-2H3,(H,46,56)(H,47,55)(H,48,54)(H,52,53)(H,57,58)(H,59,60)(H2,49,50,61);1H4;. The zero-order valence-corrected chi connectivity index (χ0v) is 35.9. The van der Waals surface area contributed by atoms with E-state index >= 15 is 0 Å². The summed E-state index contributed by atoms with van der Waals surface area (Å²) in [6.07, 6.45) is 7.01. The van der Waals surface area contributed by atoms with Crippen molar-refractivity contribution in [3.63, 3.8) is 0 Å². The number of ketones is 1. The van der Waals surface area contributed by atoms with E-state index in [1.54, 1.807) is 7.05 Å². The third-order valence-electron chi connectivity index (χ3n) is 11.2. The van der Waals surface area contributed by atoms with Gasteiger partial charge in [0.05, 0.1) is 6.04 Å². The second-order valence-corrected chi connectivity index (χ2v) is 15.9. The van der Waals surface area contributed by atoms with E-state index in [-0.39, 0.29) is 83.5 Å². The van der Waals surface area contributed by atoms with Crippen molar-refractivity contribution in [3.8, 4) is 0 Å². The minimum atomic E-state index is -1.52. The van der Waals surface area contributed by atoms with E-state index in [0.717, 1.165) is 48.4 Å². The molecule has 0 saturated heterocycles. The van der Waals surface area contributed by atoms with Crippen LogP contribution in [0.25, 0.3) is 10.8 Å². The minimum absolute atomic E-state index is 0. The molecular formula is C45H68BN6O11. The largest absolute Gasteiger partial charge is 0.481 e. The molecule has 1 fully saturated rings. The topological polar surface area (TPSA) is 269 Å². The van der Waals surface area contributed by atoms with E-state index in [0.29, 0.717) is 45.1 Å². The number of carboxylic acid groups (broad SMARTS) is 3. The van der Waals surface area contributed by atoms with Gasteiger partial charge in [-0.2, -0.15) is 0 Å². The van der Waals surface area contributed by atoms with Gasteiger partial charge in [-0.3, -0.25) is 24.0 Å². The van der Waals surface area contributed by atoms with E-state index in [4.69, 9.17) is 5.11 Å². The average molecular weight is 880 g/mol. The molecule has 0 heterocycles. The first-order valence-electron chi connectivity index (χ1n) is 21.5. The first-order valence-corrected chi connectivity index (χ1v) is 21.5. The van der Waals surface area contributed by atoms with Crippen LogP contribution < -0.4 is 31.9 Å². The summed E-state index contributed by atoms with van der Waals surface area (Å²) in [5.41, 5.74) is 0.854. The second-order valence-electron chi connectivity index (χ2n) is 15.9. The van der Waals surface area contributed by atoms with Crippen LogP contribution in [0.3, 0.4) is 0 Å². The highest BCUT2D eigenvalue weighted by Gasteiger charge is 2.31. The fraction of sp³-hybridized carbons (Fsp3) is 0.600. The summed E-state index contributed by atoms with van der Waals surface area (Å²) in [7, 11) is 1.76. The minimum Gasteiger partial charge on any atom is -0.481 e. The van der Waals surface area contributed by atoms with Crippen molar-refractivity contribution in [2.45, 2.75) is 141 Å². The maximum atomic E-state index is 13.6. The number of fused-ring (bicyclic) bond motifs is 1. The van der Waals surface area contributed by atoms with Gasteiger partial charge in [-0.1, -0.05) is 69.7 Å². The predicted molar refractivity (Wildman–Crippen MR) is 240 cm³/mol. The lowest BCUT2D eigenvalue weighted by molar-refractivity contribution is -0.141. The number of hydrogen-bond acceptors (Lipinski definition) is 9. The van der Waals surface area contributed by atoms with E-state index < -0.39 is 54.4 Å². The molecule has 17 nitrogen and oxygen atoms in total. The fourth-order valence-corrected chi connectivity index (χ4v) is 7.48. The molecule has 63 heavy (non-hydrogen) atoms. The molecule has 1 aliphatic carbocycles. The van der Waals surface area contributed by atoms with Crippen LogP contribution in [0.2, 0.25) is 0 Å². The number of aliphatic carboxylic acids is 3. The van der Waals surface area contributed by atoms with Crippen LogP contribution in [0.1, 0.15) is 116 Å². The monoisotopic (exact) mass is 880 g/mol. The van der Waals surface area contributed by atoms with Crippen molar-refractivity contribution in [1.29, 1.82) is 0 Å². The van der Waals surface area contributed by atoms with Crippen LogP contribution in [0.15, 0.2) is 42.5 Å². The molecule has 347 valence electrons. The predicted octanol–water partition coefficient (Wildman–Crippen LogP) is 3.92. The van der Waals surface area contributed by atoms with E-state index in [2.05, 4.69) is 31.9 Å². The van der Waals surface area contributed by atoms with Crippen molar-refractivity contribution in [1.82, 2.24) is 31.9 Å². The fourth-order valence-electron chi connectivity index (χ4n) is 7.48. The van der Waals surface area contributed by atoms with Gasteiger partial charge in [-0.15, -0.1) is 0 Å². The molecule has 0 aromatic heterocycles. The summed E-state index contributed by atoms with van der Waals surface area (Å²) < 4.78 is 0. The van der Waals surface area contributed by atoms with Crippen molar-refractivity contribution >= 4 is 66.6 Å². The first-order chi connectivity index (χ1) is 29.2. The third-order valence-corrected chi connectivity index (χ3v) is 11.2. The number of likely N-dealkylation sites (N-methyl/N-ethyl adjacent to an activating group) is 1. The smallest absolute Gasteiger partial charge is 0.326 e. The molecular weight excluding hydrogens is 811 g/mol. The van der Waals surface area contributed by atoms with Crippen LogP contribution >= 0.6 is 0 Å². The lowest BCUT2D eigenvalue weighted by atomic mass is 9.81. The van der Waals surface area contributed by atoms with Gasteiger partial charge in [0, 0.05) is 53.1 Å². The molecule has 3 radical (unpaired) electrons. The van der Waals surface area contributed by atoms with Crippen LogP contribution in [0.4, 0.5) is 4.79 Å². The first kappa shape index (κ1) is 55.5. The Bertz CT molecular complexity index is 1810. The molecule has 0 spiro atoms. The molecule has 18 heteroatoms. The van der Waals surface area contributed by atoms with Crippen LogP contribution in [-0.4, -0.2) is 115 Å². The van der Waals surface area contributed by atoms with Crippen molar-refractivity contribution in [2.75, 3.05) is 20.1 Å². The zero-order valence-electron chi connectivity index (χ0n) is 35.9. The Hall–Kier alpha value is -5.52. The summed E-state index contributed by atoms with van der Waals surface area (Å²) in [6.45, 7) is 2.53. The summed E-state index contributed by atoms with van der Waals surface area (Å²) >= 11 is 0. The number of unbranched alkanes of at least 4 members (excludes halogenated alkanes) is 3. The summed E-state index contributed by atoms with van der Waals surface area (Å²) in [5.74, 6) is -4.56. The van der Waals surface area contributed by atoms with E-state index in [1.165, 1.54) is 0 Å². The highest BCUT2D eigenvalue weighted by atomic mass is 16.4. The maximum Gasteiger partial charge on any atom is 0.326 e. The Morgan fingerprint density at radius 3 is 1.89 bits per heavy atom. The highest BCUT2D eigenvalue weighted by Crippen LogP contribution is 2.29. The molecule has 4 atom stereocenters. The maximum absolute atomic E-state index is 13.6. The van der Waals surface area contributed by atoms with Crippen LogP contribution in [0, 0.1) is 11.8 Å². The van der Waals surface area contributed by atoms with Crippen molar-refractivity contribution in [2.24, 2.45) is 11.8 Å². The summed E-state index contributed by atoms with van der Waals surface area (Å²) in [6, 6.07) is 8.52. The Balaban J connectivity index is 0.00000992. The van der Waals surface area contributed by atoms with Crippen molar-refractivity contribution < 1.29 is 53.7 Å². The van der Waals surface area contributed by atoms with Crippen LogP contribution in [-0.2, 0) is 40.0 Å². The van der Waals surface area contributed by atoms with Gasteiger partial charge in [0.25, 0.3) is 0 Å². The second kappa shape index (κ2) is 29.7. The number of hydrogen-bond donors (Lipinski definition) is 9. The molecule has 5 amide bonds. The Morgan fingerprint density at radius 1 is 0.667 bits per heavy atom. The summed E-state index contributed by atoms with van der Waals surface area (Å²) in [5, 5.41) is 46.1. The zero-order chi connectivity index (χ0) is 44.7. The lowest BCUT2D eigenvalue weighted by Gasteiger charge is -2.29. The number of nitrogens with one attached hydrogen (secondary N) is 6. The Kier molecular flexibility index (Phi) is 26.2. The van der Waals surface area contributed by atoms with Gasteiger partial charge in [0.2, 0.25) is 17.7 Å². The van der Waals surface area contributed by atoms with Gasteiger partial charge >= 0.3 is 23.9 Å². The van der Waals surface area contributed by atoms with E-state index in [1.807, 2.05) is 49.4 Å². The molecule has 1 saturated carbocycles. The SMILES string of the molecule is C.CCC(=O)CCCCCC(NC)C(=O)NCC1CCC(C(=O)NC(Cc2ccc3ccccc3c2)C(=O)NCCCCC(NC(=O)NC(CCC(=O)O)C(=O)O)C(=O)O)CC1.[B]. The quantitative estimate of drug-likeness (QED) is 0.0435. The van der Waals surface area contributed by atoms with Crippen LogP contribution in [0.5, 0.6) is 0 Å². The number of benzene rings is 2. The number of Topliss-reactive ketones (excluding diaryl/α,β-unsaturated/α-hetero) is 1.